The predicted octanol–water partition coefficient (Wildman–Crippen LogP) is 0.346. The van der Waals surface area contributed by atoms with E-state index >= 15 is 0 Å². The summed E-state index contributed by atoms with van der Waals surface area (Å²) in [6.45, 7) is 5.48. The Morgan fingerprint density at radius 1 is 1.40 bits per heavy atom. The number of amides is 1. The highest BCUT2D eigenvalue weighted by atomic mass is 19.1. The van der Waals surface area contributed by atoms with Crippen molar-refractivity contribution in [2.75, 3.05) is 39.4 Å². The molecule has 1 saturated heterocycles. The first-order valence-electron chi connectivity index (χ1n) is 6.76. The number of nitrogens with one attached hydrogen (secondary N) is 1. The van der Waals surface area contributed by atoms with Gasteiger partial charge in [0.15, 0.2) is 0 Å². The maximum absolute atomic E-state index is 13.6. The van der Waals surface area contributed by atoms with E-state index in [-0.39, 0.29) is 5.82 Å². The van der Waals surface area contributed by atoms with E-state index in [1.54, 1.807) is 0 Å². The molecular formula is C14H20FN3O2. The van der Waals surface area contributed by atoms with Crippen LogP contribution in [0.5, 0.6) is 0 Å². The fraction of sp³-hybridized carbons (Fsp3) is 0.500. The molecule has 2 rings (SSSR count). The summed E-state index contributed by atoms with van der Waals surface area (Å²) in [7, 11) is 0. The molecule has 0 aliphatic carbocycles. The van der Waals surface area contributed by atoms with E-state index in [4.69, 9.17) is 10.5 Å². The van der Waals surface area contributed by atoms with Gasteiger partial charge < -0.3 is 15.8 Å². The second kappa shape index (κ2) is 7.33. The number of hydrogen-bond acceptors (Lipinski definition) is 4. The van der Waals surface area contributed by atoms with E-state index in [2.05, 4.69) is 10.2 Å². The number of hydrogen-bond donors (Lipinski definition) is 2. The summed E-state index contributed by atoms with van der Waals surface area (Å²) in [6.07, 6.45) is 0. The molecule has 1 amide bonds. The molecule has 0 saturated carbocycles. The summed E-state index contributed by atoms with van der Waals surface area (Å²) < 4.78 is 18.9. The van der Waals surface area contributed by atoms with Crippen LogP contribution in [0.4, 0.5) is 4.39 Å². The van der Waals surface area contributed by atoms with Crippen LogP contribution >= 0.6 is 0 Å². The molecule has 1 heterocycles. The van der Waals surface area contributed by atoms with Crippen molar-refractivity contribution in [3.05, 3.63) is 35.1 Å². The molecule has 110 valence electrons. The molecule has 0 bridgehead atoms. The van der Waals surface area contributed by atoms with E-state index in [0.717, 1.165) is 39.4 Å². The topological polar surface area (TPSA) is 67.6 Å². The van der Waals surface area contributed by atoms with Gasteiger partial charge in [-0.25, -0.2) is 4.39 Å². The first kappa shape index (κ1) is 14.9. The van der Waals surface area contributed by atoms with Crippen molar-refractivity contribution in [2.24, 2.45) is 5.73 Å². The lowest BCUT2D eigenvalue weighted by Gasteiger charge is -2.26. The zero-order chi connectivity index (χ0) is 14.4. The molecule has 1 aliphatic rings. The quantitative estimate of drug-likeness (QED) is 0.738. The van der Waals surface area contributed by atoms with Crippen LogP contribution in [0.2, 0.25) is 0 Å². The van der Waals surface area contributed by atoms with Gasteiger partial charge in [-0.15, -0.1) is 0 Å². The second-order valence-corrected chi connectivity index (χ2v) is 4.80. The molecule has 1 fully saturated rings. The van der Waals surface area contributed by atoms with Crippen molar-refractivity contribution in [3.8, 4) is 0 Å². The summed E-state index contributed by atoms with van der Waals surface area (Å²) in [6, 6.07) is 4.17. The smallest absolute Gasteiger partial charge is 0.248 e. The molecule has 0 radical (unpaired) electrons. The van der Waals surface area contributed by atoms with E-state index < -0.39 is 5.91 Å². The molecule has 0 spiro atoms. The second-order valence-electron chi connectivity index (χ2n) is 4.80. The SMILES string of the molecule is NC(=O)c1ccc(F)c(CNCCN2CCOCC2)c1. The number of carbonyl (C=O) groups excluding carboxylic acids is 1. The summed E-state index contributed by atoms with van der Waals surface area (Å²) in [5.41, 5.74) is 5.98. The van der Waals surface area contributed by atoms with Gasteiger partial charge >= 0.3 is 0 Å². The van der Waals surface area contributed by atoms with Crippen molar-refractivity contribution >= 4 is 5.91 Å². The monoisotopic (exact) mass is 281 g/mol. The van der Waals surface area contributed by atoms with E-state index in [9.17, 15) is 9.18 Å². The van der Waals surface area contributed by atoms with Crippen LogP contribution in [0.15, 0.2) is 18.2 Å². The molecule has 0 atom stereocenters. The van der Waals surface area contributed by atoms with E-state index in [1.165, 1.54) is 18.2 Å². The average molecular weight is 281 g/mol. The zero-order valence-corrected chi connectivity index (χ0v) is 11.4. The largest absolute Gasteiger partial charge is 0.379 e. The molecule has 5 nitrogen and oxygen atoms in total. The molecular weight excluding hydrogens is 261 g/mol. The number of nitrogens with two attached hydrogens (primary N) is 1. The Hall–Kier alpha value is -1.50. The summed E-state index contributed by atoms with van der Waals surface area (Å²) >= 11 is 0. The molecule has 20 heavy (non-hydrogen) atoms. The fourth-order valence-corrected chi connectivity index (χ4v) is 2.15. The Bertz CT molecular complexity index is 462. The number of benzene rings is 1. The van der Waals surface area contributed by atoms with Crippen molar-refractivity contribution in [1.29, 1.82) is 0 Å². The molecule has 1 aliphatic heterocycles. The Kier molecular flexibility index (Phi) is 5.46. The van der Waals surface area contributed by atoms with Crippen molar-refractivity contribution < 1.29 is 13.9 Å². The number of ether oxygens (including phenoxy) is 1. The molecule has 1 aromatic carbocycles. The lowest BCUT2D eigenvalue weighted by Crippen LogP contribution is -2.40. The molecule has 6 heteroatoms. The Morgan fingerprint density at radius 2 is 2.15 bits per heavy atom. The van der Waals surface area contributed by atoms with Gasteiger partial charge in [0.1, 0.15) is 5.82 Å². The van der Waals surface area contributed by atoms with Crippen molar-refractivity contribution in [3.63, 3.8) is 0 Å². The lowest BCUT2D eigenvalue weighted by atomic mass is 10.1. The van der Waals surface area contributed by atoms with Crippen LogP contribution in [0.3, 0.4) is 0 Å². The van der Waals surface area contributed by atoms with E-state index in [0.29, 0.717) is 17.7 Å². The lowest BCUT2D eigenvalue weighted by molar-refractivity contribution is 0.0384. The fourth-order valence-electron chi connectivity index (χ4n) is 2.15. The standard InChI is InChI=1S/C14H20FN3O2/c15-13-2-1-11(14(16)19)9-12(13)10-17-3-4-18-5-7-20-8-6-18/h1-2,9,17H,3-8,10H2,(H2,16,19). The highest BCUT2D eigenvalue weighted by molar-refractivity contribution is 5.92. The number of halogens is 1. The van der Waals surface area contributed by atoms with Gasteiger partial charge in [-0.2, -0.15) is 0 Å². The summed E-state index contributed by atoms with van der Waals surface area (Å²) in [5.74, 6) is -0.867. The van der Waals surface area contributed by atoms with Gasteiger partial charge in [-0.3, -0.25) is 9.69 Å². The third-order valence-corrected chi connectivity index (χ3v) is 3.35. The number of morpholine rings is 1. The zero-order valence-electron chi connectivity index (χ0n) is 11.4. The molecule has 0 aromatic heterocycles. The molecule has 1 aromatic rings. The Balaban J connectivity index is 1.78. The third kappa shape index (κ3) is 4.26. The molecule has 3 N–H and O–H groups in total. The van der Waals surface area contributed by atoms with Crippen LogP contribution in [-0.2, 0) is 11.3 Å². The predicted molar refractivity (Wildman–Crippen MR) is 73.9 cm³/mol. The van der Waals surface area contributed by atoms with Crippen molar-refractivity contribution in [2.45, 2.75) is 6.54 Å². The van der Waals surface area contributed by atoms with Gasteiger partial charge in [-0.1, -0.05) is 0 Å². The third-order valence-electron chi connectivity index (χ3n) is 3.35. The van der Waals surface area contributed by atoms with Crippen LogP contribution < -0.4 is 11.1 Å². The summed E-state index contributed by atoms with van der Waals surface area (Å²) in [4.78, 5) is 13.4. The highest BCUT2D eigenvalue weighted by Crippen LogP contribution is 2.10. The minimum absolute atomic E-state index is 0.325. The van der Waals surface area contributed by atoms with Gasteiger partial charge in [0, 0.05) is 43.9 Å². The van der Waals surface area contributed by atoms with Gasteiger partial charge in [-0.05, 0) is 18.2 Å². The number of nitrogens with zero attached hydrogens (tertiary/aromatic N) is 1. The highest BCUT2D eigenvalue weighted by Gasteiger charge is 2.10. The van der Waals surface area contributed by atoms with Crippen molar-refractivity contribution in [1.82, 2.24) is 10.2 Å². The Labute approximate surface area is 117 Å². The maximum Gasteiger partial charge on any atom is 0.248 e. The van der Waals surface area contributed by atoms with Crippen LogP contribution in [-0.4, -0.2) is 50.2 Å². The Morgan fingerprint density at radius 3 is 2.85 bits per heavy atom. The number of rotatable bonds is 6. The normalized spacial score (nSPS) is 16.2. The number of primary amides is 1. The minimum Gasteiger partial charge on any atom is -0.379 e. The van der Waals surface area contributed by atoms with Gasteiger partial charge in [0.05, 0.1) is 13.2 Å². The first-order valence-corrected chi connectivity index (χ1v) is 6.76. The minimum atomic E-state index is -0.542. The molecule has 0 unspecified atom stereocenters. The first-order chi connectivity index (χ1) is 9.66. The maximum atomic E-state index is 13.6. The number of carbonyl (C=O) groups is 1. The van der Waals surface area contributed by atoms with Crippen LogP contribution in [0.1, 0.15) is 15.9 Å². The summed E-state index contributed by atoms with van der Waals surface area (Å²) in [5, 5.41) is 3.18. The van der Waals surface area contributed by atoms with Crippen LogP contribution in [0.25, 0.3) is 0 Å². The van der Waals surface area contributed by atoms with Gasteiger partial charge in [0.2, 0.25) is 5.91 Å². The van der Waals surface area contributed by atoms with Gasteiger partial charge in [0.25, 0.3) is 0 Å². The average Bonchev–Trinajstić information content (AvgIpc) is 2.46. The van der Waals surface area contributed by atoms with E-state index in [1.807, 2.05) is 0 Å². The van der Waals surface area contributed by atoms with Crippen LogP contribution in [0, 0.1) is 5.82 Å².